The van der Waals surface area contributed by atoms with Crippen LogP contribution in [0.5, 0.6) is 0 Å². The fraction of sp³-hybridized carbons (Fsp3) is 0.333. The molecule has 0 amide bonds. The first kappa shape index (κ1) is 26.6. The predicted molar refractivity (Wildman–Crippen MR) is 134 cm³/mol. The molecule has 30 heavy (non-hydrogen) atoms. The fourth-order valence-corrected chi connectivity index (χ4v) is 8.88. The third kappa shape index (κ3) is 6.78. The molecular weight excluding hydrogens is 414 g/mol. The topological polar surface area (TPSA) is 12.0 Å². The molecule has 158 valence electrons. The van der Waals surface area contributed by atoms with Gasteiger partial charge in [-0.15, -0.1) is 0 Å². The van der Waals surface area contributed by atoms with Gasteiger partial charge in [-0.2, -0.15) is 0 Å². The van der Waals surface area contributed by atoms with Gasteiger partial charge in [0.25, 0.3) is 0 Å². The van der Waals surface area contributed by atoms with Gasteiger partial charge in [0.15, 0.2) is 0 Å². The molecule has 0 saturated carbocycles. The minimum Gasteiger partial charge on any atom is -0.332 e. The van der Waals surface area contributed by atoms with Gasteiger partial charge in [-0.3, -0.25) is 0 Å². The second-order valence-corrected chi connectivity index (χ2v) is 13.6. The van der Waals surface area contributed by atoms with E-state index in [1.165, 1.54) is 27.8 Å². The maximum atomic E-state index is 3.97. The third-order valence-corrected chi connectivity index (χ3v) is 8.71. The van der Waals surface area contributed by atoms with Crippen LogP contribution in [0.3, 0.4) is 0 Å². The summed E-state index contributed by atoms with van der Waals surface area (Å²) in [6.45, 7) is 19.5. The number of benzene rings is 2. The van der Waals surface area contributed by atoms with Gasteiger partial charge in [-0.05, 0) is 56.9 Å². The van der Waals surface area contributed by atoms with E-state index in [0.717, 1.165) is 0 Å². The van der Waals surface area contributed by atoms with E-state index in [-0.39, 0.29) is 27.3 Å². The van der Waals surface area contributed by atoms with Crippen LogP contribution >= 0.6 is 0 Å². The molecule has 1 atom stereocenters. The number of rotatable bonds is 4. The van der Waals surface area contributed by atoms with Crippen molar-refractivity contribution in [3.8, 4) is 11.1 Å². The summed E-state index contributed by atoms with van der Waals surface area (Å²) in [5.41, 5.74) is 7.77. The fourth-order valence-electron chi connectivity index (χ4n) is 4.55. The Morgan fingerprint density at radius 2 is 1.63 bits per heavy atom. The van der Waals surface area contributed by atoms with Gasteiger partial charge in [-0.25, -0.2) is 0 Å². The number of hydrogen-bond acceptors (Lipinski definition) is 1. The zero-order valence-electron chi connectivity index (χ0n) is 19.7. The zero-order valence-corrected chi connectivity index (χ0v) is 22.3. The van der Waals surface area contributed by atoms with Crippen molar-refractivity contribution < 1.29 is 21.7 Å². The minimum absolute atomic E-state index is 0. The Balaban J connectivity index is 0.000000674. The van der Waals surface area contributed by atoms with Gasteiger partial charge in [0, 0.05) is 32.8 Å². The first-order chi connectivity index (χ1) is 13.6. The average Bonchev–Trinajstić information content (AvgIpc) is 2.98. The van der Waals surface area contributed by atoms with Gasteiger partial charge >= 0.3 is 0 Å². The first-order valence-electron chi connectivity index (χ1n) is 10.5. The molecule has 1 unspecified atom stereocenters. The molecule has 0 saturated heterocycles. The molecule has 0 fully saturated rings. The summed E-state index contributed by atoms with van der Waals surface area (Å²) in [6.07, 6.45) is 7.99. The molecule has 1 nitrogen and oxygen atoms in total. The van der Waals surface area contributed by atoms with Crippen molar-refractivity contribution in [3.63, 3.8) is 0 Å². The molecule has 0 heterocycles. The zero-order chi connectivity index (χ0) is 21.7. The van der Waals surface area contributed by atoms with E-state index in [1.54, 1.807) is 6.08 Å². The summed E-state index contributed by atoms with van der Waals surface area (Å²) in [4.78, 5) is 3.97. The second kappa shape index (κ2) is 11.2. The third-order valence-electron chi connectivity index (χ3n) is 5.11. The van der Waals surface area contributed by atoms with Crippen LogP contribution in [0.1, 0.15) is 51.3 Å². The molecule has 2 aromatic carbocycles. The molecule has 1 aliphatic rings. The average molecular weight is 452 g/mol. The monoisotopic (exact) mass is 451 g/mol. The minimum atomic E-state index is -1.66. The van der Waals surface area contributed by atoms with Crippen LogP contribution in [0.15, 0.2) is 78.9 Å². The van der Waals surface area contributed by atoms with Crippen molar-refractivity contribution in [1.29, 1.82) is 0 Å². The molecule has 1 N–H and O–H groups in total. The normalized spacial score (nSPS) is 15.6. The Hall–Kier alpha value is -1.45. The Labute approximate surface area is 200 Å². The molecule has 2 aromatic rings. The molecule has 3 rings (SSSR count). The van der Waals surface area contributed by atoms with Crippen LogP contribution in [-0.4, -0.2) is 13.8 Å². The second-order valence-electron chi connectivity index (χ2n) is 9.35. The summed E-state index contributed by atoms with van der Waals surface area (Å²) in [7, 11) is -1.66. The van der Waals surface area contributed by atoms with E-state index < -0.39 is 8.24 Å². The Morgan fingerprint density at radius 1 is 1.00 bits per heavy atom. The predicted octanol–water partition coefficient (Wildman–Crippen LogP) is 7.73. The largest absolute Gasteiger partial charge is 0.332 e. The molecule has 3 heteroatoms. The Morgan fingerprint density at radius 3 is 2.13 bits per heavy atom. The molecule has 0 aromatic heterocycles. The first-order valence-corrected chi connectivity index (χ1v) is 13.6. The Bertz CT molecular complexity index is 889. The van der Waals surface area contributed by atoms with Gasteiger partial charge in [-0.1, -0.05) is 98.1 Å². The summed E-state index contributed by atoms with van der Waals surface area (Å²) >= 11 is 0. The number of fused-ring (bicyclic) bond motifs is 1. The van der Waals surface area contributed by atoms with Crippen LogP contribution in [0, 0.1) is 0 Å². The van der Waals surface area contributed by atoms with E-state index in [0.29, 0.717) is 5.54 Å². The van der Waals surface area contributed by atoms with Gasteiger partial charge in [0.2, 0.25) is 0 Å². The SMILES string of the molecule is C=CC=CC.CC1=Cc2c(-c3ccccc3)cccc2C1[Si](C)(C)NC(C)(C)C.[Ti]. The summed E-state index contributed by atoms with van der Waals surface area (Å²) < 4.78 is 0. The van der Waals surface area contributed by atoms with Crippen molar-refractivity contribution in [2.45, 2.75) is 58.8 Å². The van der Waals surface area contributed by atoms with Crippen molar-refractivity contribution in [1.82, 2.24) is 4.98 Å². The van der Waals surface area contributed by atoms with Crippen LogP contribution in [0.25, 0.3) is 17.2 Å². The summed E-state index contributed by atoms with van der Waals surface area (Å²) in [6, 6.07) is 17.6. The number of allylic oxidation sites excluding steroid dienone is 4. The molecular formula is C27H37NSiTi. The van der Waals surface area contributed by atoms with Gasteiger partial charge in [0.05, 0.1) is 0 Å². The molecule has 0 aliphatic heterocycles. The molecule has 0 spiro atoms. The van der Waals surface area contributed by atoms with Crippen molar-refractivity contribution in [3.05, 3.63) is 90.0 Å². The van der Waals surface area contributed by atoms with Gasteiger partial charge < -0.3 is 4.98 Å². The van der Waals surface area contributed by atoms with E-state index in [1.807, 2.05) is 19.1 Å². The van der Waals surface area contributed by atoms with Crippen LogP contribution in [-0.2, 0) is 21.7 Å². The van der Waals surface area contributed by atoms with Gasteiger partial charge in [0.1, 0.15) is 8.24 Å². The van der Waals surface area contributed by atoms with Crippen molar-refractivity contribution in [2.75, 3.05) is 0 Å². The van der Waals surface area contributed by atoms with E-state index >= 15 is 0 Å². The smallest absolute Gasteiger partial charge is 0.131 e. The maximum Gasteiger partial charge on any atom is 0.131 e. The van der Waals surface area contributed by atoms with Crippen LogP contribution in [0.4, 0.5) is 0 Å². The van der Waals surface area contributed by atoms with Crippen LogP contribution < -0.4 is 4.98 Å². The molecule has 1 aliphatic carbocycles. The Kier molecular flexibility index (Phi) is 9.97. The van der Waals surface area contributed by atoms with Crippen molar-refractivity contribution in [2.24, 2.45) is 0 Å². The summed E-state index contributed by atoms with van der Waals surface area (Å²) in [5.74, 6) is 0. The quantitative estimate of drug-likeness (QED) is 0.370. The summed E-state index contributed by atoms with van der Waals surface area (Å²) in [5, 5.41) is 0. The van der Waals surface area contributed by atoms with E-state index in [2.05, 4.69) is 107 Å². The van der Waals surface area contributed by atoms with E-state index in [9.17, 15) is 0 Å². The van der Waals surface area contributed by atoms with Crippen molar-refractivity contribution >= 4 is 14.3 Å². The van der Waals surface area contributed by atoms with E-state index in [4.69, 9.17) is 0 Å². The molecule has 0 bridgehead atoms. The van der Waals surface area contributed by atoms with Crippen LogP contribution in [0.2, 0.25) is 13.1 Å². The number of hydrogen-bond donors (Lipinski definition) is 1. The number of nitrogens with one attached hydrogen (secondary N) is 1. The molecule has 0 radical (unpaired) electrons. The maximum absolute atomic E-state index is 3.97. The standard InChI is InChI=1S/C22H29NSi.C5H8.Ti/c1-16-15-20-18(17-11-8-7-9-12-17)13-10-14-19(20)21(16)24(5,6)23-22(2,3)4;1-3-5-4-2;/h7-15,21,23H,1-6H3;3-5H,1H2,2H3;.